The number of hydrogen-bond acceptors (Lipinski definition) is 3. The highest BCUT2D eigenvalue weighted by Gasteiger charge is 2.05. The molecule has 0 unspecified atom stereocenters. The molecule has 0 N–H and O–H groups in total. The number of carbonyl (C=O) groups is 1. The van der Waals surface area contributed by atoms with E-state index in [1.54, 1.807) is 0 Å². The van der Waals surface area contributed by atoms with Crippen LogP contribution in [0.4, 0.5) is 0 Å². The molecule has 3 nitrogen and oxygen atoms in total. The molecule has 0 aromatic heterocycles. The highest BCUT2D eigenvalue weighted by atomic mass is 127. The third-order valence-electron chi connectivity index (χ3n) is 2.31. The van der Waals surface area contributed by atoms with Gasteiger partial charge in [-0.1, -0.05) is 40.8 Å². The Kier molecular flexibility index (Phi) is 7.55. The summed E-state index contributed by atoms with van der Waals surface area (Å²) >= 11 is 2.18. The lowest BCUT2D eigenvalue weighted by molar-refractivity contribution is -0.147. The van der Waals surface area contributed by atoms with E-state index in [0.717, 1.165) is 11.3 Å². The fraction of sp³-hybridized carbons (Fsp3) is 0.400. The lowest BCUT2D eigenvalue weighted by Crippen LogP contribution is -2.12. The van der Waals surface area contributed by atoms with Gasteiger partial charge in [0.2, 0.25) is 0 Å². The van der Waals surface area contributed by atoms with Crippen molar-refractivity contribution in [1.29, 1.82) is 0 Å². The molecule has 0 aliphatic rings. The molecule has 0 fully saturated rings. The zero-order valence-corrected chi connectivity index (χ0v) is 13.4. The molecule has 0 aliphatic carbocycles. The molecule has 19 heavy (non-hydrogen) atoms. The summed E-state index contributed by atoms with van der Waals surface area (Å²) in [5, 5.41) is 0. The smallest absolute Gasteiger partial charge is 0.306 e. The van der Waals surface area contributed by atoms with Crippen molar-refractivity contribution in [3.63, 3.8) is 0 Å². The molecule has 0 bridgehead atoms. The van der Waals surface area contributed by atoms with Crippen molar-refractivity contribution >= 4 is 34.6 Å². The van der Waals surface area contributed by atoms with E-state index in [1.165, 1.54) is 0 Å². The van der Waals surface area contributed by atoms with Crippen molar-refractivity contribution in [2.24, 2.45) is 0 Å². The predicted molar refractivity (Wildman–Crippen MR) is 85.5 cm³/mol. The van der Waals surface area contributed by atoms with Crippen LogP contribution in [0.3, 0.4) is 0 Å². The van der Waals surface area contributed by atoms with Gasteiger partial charge >= 0.3 is 5.97 Å². The molecule has 0 spiro atoms. The maximum Gasteiger partial charge on any atom is 0.306 e. The molecule has 0 saturated heterocycles. The van der Waals surface area contributed by atoms with E-state index >= 15 is 0 Å². The van der Waals surface area contributed by atoms with Crippen molar-refractivity contribution < 1.29 is 14.3 Å². The summed E-state index contributed by atoms with van der Waals surface area (Å²) in [6.07, 6.45) is 2.99. The number of para-hydroxylation sites is 1. The van der Waals surface area contributed by atoms with Crippen LogP contribution in [-0.4, -0.2) is 18.7 Å². The van der Waals surface area contributed by atoms with Crippen LogP contribution in [0.15, 0.2) is 28.3 Å². The minimum Gasteiger partial charge on any atom is -0.493 e. The van der Waals surface area contributed by atoms with Gasteiger partial charge in [0.25, 0.3) is 0 Å². The fourth-order valence-corrected chi connectivity index (χ4v) is 1.93. The van der Waals surface area contributed by atoms with E-state index in [4.69, 9.17) is 9.47 Å². The topological polar surface area (TPSA) is 35.5 Å². The van der Waals surface area contributed by atoms with Crippen molar-refractivity contribution in [2.75, 3.05) is 6.61 Å². The van der Waals surface area contributed by atoms with Gasteiger partial charge in [-0.2, -0.15) is 0 Å². The van der Waals surface area contributed by atoms with Crippen LogP contribution in [0.25, 0.3) is 6.08 Å². The van der Waals surface area contributed by atoms with Crippen LogP contribution in [0, 0.1) is 0 Å². The Morgan fingerprint density at radius 2 is 2.11 bits per heavy atom. The zero-order chi connectivity index (χ0) is 14.1. The molecule has 104 valence electrons. The van der Waals surface area contributed by atoms with Gasteiger partial charge in [0.1, 0.15) is 5.75 Å². The molecule has 1 aromatic rings. The Labute approximate surface area is 128 Å². The van der Waals surface area contributed by atoms with Gasteiger partial charge in [0, 0.05) is 12.0 Å². The Hall–Kier alpha value is -1.04. The lowest BCUT2D eigenvalue weighted by atomic mass is 10.2. The number of halogens is 1. The molecule has 0 aliphatic heterocycles. The Balaban J connectivity index is 2.35. The van der Waals surface area contributed by atoms with Crippen molar-refractivity contribution in [2.45, 2.75) is 32.8 Å². The molecule has 0 heterocycles. The van der Waals surface area contributed by atoms with Gasteiger partial charge in [-0.25, -0.2) is 0 Å². The monoisotopic (exact) mass is 374 g/mol. The predicted octanol–water partition coefficient (Wildman–Crippen LogP) is 4.20. The number of carbonyl (C=O) groups excluding carboxylic acids is 1. The van der Waals surface area contributed by atoms with Gasteiger partial charge in [0.05, 0.1) is 12.7 Å². The Morgan fingerprint density at radius 1 is 1.37 bits per heavy atom. The van der Waals surface area contributed by atoms with Crippen LogP contribution in [0.5, 0.6) is 5.75 Å². The van der Waals surface area contributed by atoms with Crippen molar-refractivity contribution in [3.05, 3.63) is 33.9 Å². The summed E-state index contributed by atoms with van der Waals surface area (Å²) in [4.78, 5) is 11.3. The molecule has 0 radical (unpaired) electrons. The molecular formula is C15H19IO3. The molecule has 0 atom stereocenters. The highest BCUT2D eigenvalue weighted by Crippen LogP contribution is 2.20. The maximum atomic E-state index is 11.3. The number of hydrogen-bond donors (Lipinski definition) is 0. The first-order chi connectivity index (χ1) is 9.13. The van der Waals surface area contributed by atoms with Crippen LogP contribution in [0.1, 0.15) is 32.3 Å². The van der Waals surface area contributed by atoms with Crippen LogP contribution in [0.2, 0.25) is 0 Å². The number of esters is 1. The van der Waals surface area contributed by atoms with Gasteiger partial charge in [-0.15, -0.1) is 0 Å². The largest absolute Gasteiger partial charge is 0.493 e. The van der Waals surface area contributed by atoms with E-state index < -0.39 is 0 Å². The van der Waals surface area contributed by atoms with Crippen LogP contribution in [-0.2, 0) is 9.53 Å². The normalized spacial score (nSPS) is 10.9. The fourth-order valence-electron chi connectivity index (χ4n) is 1.54. The van der Waals surface area contributed by atoms with E-state index in [2.05, 4.69) is 22.6 Å². The van der Waals surface area contributed by atoms with Gasteiger partial charge in [-0.05, 0) is 36.5 Å². The summed E-state index contributed by atoms with van der Waals surface area (Å²) in [6, 6.07) is 7.83. The minimum absolute atomic E-state index is 0.0528. The Morgan fingerprint density at radius 3 is 2.79 bits per heavy atom. The molecule has 1 aromatic carbocycles. The van der Waals surface area contributed by atoms with Gasteiger partial charge < -0.3 is 9.47 Å². The summed E-state index contributed by atoms with van der Waals surface area (Å²) in [5.74, 6) is 0.673. The first-order valence-corrected chi connectivity index (χ1v) is 7.56. The third kappa shape index (κ3) is 6.61. The van der Waals surface area contributed by atoms with Crippen LogP contribution < -0.4 is 4.74 Å². The number of ether oxygens (including phenoxy) is 2. The SMILES string of the molecule is CC(C)OC(=O)CCCOc1ccccc1C=CI. The van der Waals surface area contributed by atoms with Gasteiger partial charge in [0.15, 0.2) is 0 Å². The molecule has 4 heteroatoms. The Bertz CT molecular complexity index is 427. The minimum atomic E-state index is -0.168. The van der Waals surface area contributed by atoms with Gasteiger partial charge in [-0.3, -0.25) is 4.79 Å². The van der Waals surface area contributed by atoms with Crippen LogP contribution >= 0.6 is 22.6 Å². The molecule has 0 amide bonds. The molecule has 0 saturated carbocycles. The second kappa shape index (κ2) is 8.96. The quantitative estimate of drug-likeness (QED) is 0.408. The summed E-state index contributed by atoms with van der Waals surface area (Å²) < 4.78 is 12.7. The average Bonchev–Trinajstić information content (AvgIpc) is 2.36. The first-order valence-electron chi connectivity index (χ1n) is 6.31. The van der Waals surface area contributed by atoms with Crippen molar-refractivity contribution in [1.82, 2.24) is 0 Å². The summed E-state index contributed by atoms with van der Waals surface area (Å²) in [6.45, 7) is 4.21. The third-order valence-corrected chi connectivity index (χ3v) is 2.67. The summed E-state index contributed by atoms with van der Waals surface area (Å²) in [7, 11) is 0. The van der Waals surface area contributed by atoms with E-state index in [0.29, 0.717) is 19.4 Å². The zero-order valence-electron chi connectivity index (χ0n) is 11.3. The van der Waals surface area contributed by atoms with E-state index in [1.807, 2.05) is 48.3 Å². The first kappa shape index (κ1) is 16.0. The standard InChI is InChI=1S/C15H19IO3/c1-12(2)19-15(17)8-5-11-18-14-7-4-3-6-13(14)9-10-16/h3-4,6-7,9-10,12H,5,8,11H2,1-2H3. The maximum absolute atomic E-state index is 11.3. The number of benzene rings is 1. The second-order valence-corrected chi connectivity index (χ2v) is 5.04. The summed E-state index contributed by atoms with van der Waals surface area (Å²) in [5.41, 5.74) is 1.04. The lowest BCUT2D eigenvalue weighted by Gasteiger charge is -2.10. The number of rotatable bonds is 7. The van der Waals surface area contributed by atoms with E-state index in [9.17, 15) is 4.79 Å². The molecule has 1 rings (SSSR count). The molecular weight excluding hydrogens is 355 g/mol. The van der Waals surface area contributed by atoms with E-state index in [-0.39, 0.29) is 12.1 Å². The van der Waals surface area contributed by atoms with Crippen molar-refractivity contribution in [3.8, 4) is 5.75 Å². The highest BCUT2D eigenvalue weighted by molar-refractivity contribution is 14.1. The average molecular weight is 374 g/mol. The second-order valence-electron chi connectivity index (χ2n) is 4.32.